The summed E-state index contributed by atoms with van der Waals surface area (Å²) < 4.78 is 5.65. The smallest absolute Gasteiger partial charge is 0.0825 e. The lowest BCUT2D eigenvalue weighted by molar-refractivity contribution is -0.00477. The van der Waals surface area contributed by atoms with Crippen LogP contribution < -0.4 is 4.90 Å². The highest BCUT2D eigenvalue weighted by Crippen LogP contribution is 2.33. The number of rotatable bonds is 4. The average molecular weight is 263 g/mol. The lowest BCUT2D eigenvalue weighted by Crippen LogP contribution is -2.47. The fourth-order valence-electron chi connectivity index (χ4n) is 2.86. The second-order valence-corrected chi connectivity index (χ2v) is 5.66. The van der Waals surface area contributed by atoms with Crippen LogP contribution in [0, 0.1) is 0 Å². The van der Waals surface area contributed by atoms with E-state index in [1.807, 2.05) is 25.1 Å². The van der Waals surface area contributed by atoms with E-state index in [9.17, 15) is 5.11 Å². The van der Waals surface area contributed by atoms with Crippen molar-refractivity contribution in [3.05, 3.63) is 29.8 Å². The van der Waals surface area contributed by atoms with Crippen molar-refractivity contribution in [1.29, 1.82) is 0 Å². The molecule has 0 bridgehead atoms. The molecule has 1 fully saturated rings. The standard InChI is InChI=1S/C16H25NO2/c1-4-15(18)13-8-5-6-9-14(13)17-11-7-10-16(2,12-17)19-3/h5-6,8-9,15,18H,4,7,10-12H2,1-3H3/t15-,16?/m0/s1. The Hall–Kier alpha value is -1.06. The van der Waals surface area contributed by atoms with Crippen molar-refractivity contribution in [3.63, 3.8) is 0 Å². The lowest BCUT2D eigenvalue weighted by atomic mass is 9.93. The van der Waals surface area contributed by atoms with Gasteiger partial charge in [0.2, 0.25) is 0 Å². The molecule has 1 N–H and O–H groups in total. The van der Waals surface area contributed by atoms with Crippen LogP contribution in [0.2, 0.25) is 0 Å². The molecule has 0 radical (unpaired) electrons. The van der Waals surface area contributed by atoms with Crippen molar-refractivity contribution in [2.24, 2.45) is 0 Å². The summed E-state index contributed by atoms with van der Waals surface area (Å²) in [5, 5.41) is 10.2. The number of anilines is 1. The predicted octanol–water partition coefficient (Wildman–Crippen LogP) is 3.14. The van der Waals surface area contributed by atoms with Crippen LogP contribution in [-0.2, 0) is 4.74 Å². The molecule has 1 aromatic carbocycles. The fraction of sp³-hybridized carbons (Fsp3) is 0.625. The number of benzene rings is 1. The van der Waals surface area contributed by atoms with Gasteiger partial charge in [0.15, 0.2) is 0 Å². The van der Waals surface area contributed by atoms with Crippen LogP contribution in [-0.4, -0.2) is 30.9 Å². The number of nitrogens with zero attached hydrogens (tertiary/aromatic N) is 1. The zero-order chi connectivity index (χ0) is 13.9. The highest BCUT2D eigenvalue weighted by atomic mass is 16.5. The molecular weight excluding hydrogens is 238 g/mol. The van der Waals surface area contributed by atoms with Crippen LogP contribution in [0.1, 0.15) is 44.8 Å². The van der Waals surface area contributed by atoms with E-state index in [-0.39, 0.29) is 11.7 Å². The zero-order valence-electron chi connectivity index (χ0n) is 12.2. The van der Waals surface area contributed by atoms with Crippen LogP contribution in [0.25, 0.3) is 0 Å². The number of aliphatic hydroxyl groups excluding tert-OH is 1. The second-order valence-electron chi connectivity index (χ2n) is 5.66. The van der Waals surface area contributed by atoms with E-state index in [1.54, 1.807) is 7.11 Å². The number of methoxy groups -OCH3 is 1. The molecule has 3 heteroatoms. The molecule has 2 atom stereocenters. The van der Waals surface area contributed by atoms with Gasteiger partial charge in [-0.3, -0.25) is 0 Å². The third-order valence-electron chi connectivity index (χ3n) is 4.17. The van der Waals surface area contributed by atoms with E-state index in [2.05, 4.69) is 17.9 Å². The van der Waals surface area contributed by atoms with Crippen LogP contribution in [0.15, 0.2) is 24.3 Å². The van der Waals surface area contributed by atoms with Crippen LogP contribution in [0.3, 0.4) is 0 Å². The summed E-state index contributed by atoms with van der Waals surface area (Å²) >= 11 is 0. The Balaban J connectivity index is 2.26. The maximum absolute atomic E-state index is 10.2. The van der Waals surface area contributed by atoms with Gasteiger partial charge in [-0.15, -0.1) is 0 Å². The summed E-state index contributed by atoms with van der Waals surface area (Å²) in [5.74, 6) is 0. The lowest BCUT2D eigenvalue weighted by Gasteiger charge is -2.41. The van der Waals surface area contributed by atoms with E-state index in [4.69, 9.17) is 4.74 Å². The third-order valence-corrected chi connectivity index (χ3v) is 4.17. The monoisotopic (exact) mass is 263 g/mol. The number of piperidine rings is 1. The molecule has 3 nitrogen and oxygen atoms in total. The number of hydrogen-bond acceptors (Lipinski definition) is 3. The molecule has 19 heavy (non-hydrogen) atoms. The molecule has 1 aliphatic rings. The predicted molar refractivity (Wildman–Crippen MR) is 78.6 cm³/mol. The maximum atomic E-state index is 10.2. The molecule has 0 aromatic heterocycles. The highest BCUT2D eigenvalue weighted by Gasteiger charge is 2.31. The molecule has 1 heterocycles. The molecule has 2 rings (SSSR count). The van der Waals surface area contributed by atoms with Gasteiger partial charge < -0.3 is 14.7 Å². The third kappa shape index (κ3) is 3.10. The van der Waals surface area contributed by atoms with Crippen LogP contribution in [0.5, 0.6) is 0 Å². The van der Waals surface area contributed by atoms with Gasteiger partial charge in [0.05, 0.1) is 11.7 Å². The molecule has 1 unspecified atom stereocenters. The normalized spacial score (nSPS) is 25.4. The molecular formula is C16H25NO2. The Bertz CT molecular complexity index is 421. The van der Waals surface area contributed by atoms with Crippen LogP contribution >= 0.6 is 0 Å². The van der Waals surface area contributed by atoms with E-state index < -0.39 is 0 Å². The summed E-state index contributed by atoms with van der Waals surface area (Å²) in [7, 11) is 1.79. The second kappa shape index (κ2) is 5.93. The summed E-state index contributed by atoms with van der Waals surface area (Å²) in [6.45, 7) is 6.10. The fourth-order valence-corrected chi connectivity index (χ4v) is 2.86. The van der Waals surface area contributed by atoms with Gasteiger partial charge in [-0.2, -0.15) is 0 Å². The van der Waals surface area contributed by atoms with Crippen molar-refractivity contribution >= 4 is 5.69 Å². The van der Waals surface area contributed by atoms with Crippen molar-refractivity contribution in [2.75, 3.05) is 25.1 Å². The average Bonchev–Trinajstić information content (AvgIpc) is 2.46. The minimum absolute atomic E-state index is 0.0808. The van der Waals surface area contributed by atoms with E-state index in [1.165, 1.54) is 0 Å². The van der Waals surface area contributed by atoms with Gasteiger partial charge in [-0.05, 0) is 32.3 Å². The number of para-hydroxylation sites is 1. The molecule has 1 aliphatic heterocycles. The zero-order valence-corrected chi connectivity index (χ0v) is 12.2. The Kier molecular flexibility index (Phi) is 4.48. The number of ether oxygens (including phenoxy) is 1. The van der Waals surface area contributed by atoms with Crippen LogP contribution in [0.4, 0.5) is 5.69 Å². The molecule has 0 spiro atoms. The topological polar surface area (TPSA) is 32.7 Å². The van der Waals surface area contributed by atoms with E-state index in [0.717, 1.165) is 43.6 Å². The molecule has 106 valence electrons. The molecule has 0 aliphatic carbocycles. The minimum atomic E-state index is -0.382. The molecule has 1 saturated heterocycles. The Morgan fingerprint density at radius 3 is 2.84 bits per heavy atom. The molecule has 0 saturated carbocycles. The van der Waals surface area contributed by atoms with Crippen molar-refractivity contribution in [1.82, 2.24) is 0 Å². The van der Waals surface area contributed by atoms with E-state index in [0.29, 0.717) is 0 Å². The van der Waals surface area contributed by atoms with Gasteiger partial charge in [0.1, 0.15) is 0 Å². The molecule has 1 aromatic rings. The summed E-state index contributed by atoms with van der Waals surface area (Å²) in [6.07, 6.45) is 2.58. The van der Waals surface area contributed by atoms with Gasteiger partial charge in [-0.1, -0.05) is 25.1 Å². The number of hydrogen-bond donors (Lipinski definition) is 1. The first-order valence-corrected chi connectivity index (χ1v) is 7.17. The SMILES string of the molecule is CC[C@H](O)c1ccccc1N1CCCC(C)(OC)C1. The Labute approximate surface area is 116 Å². The summed E-state index contributed by atoms with van der Waals surface area (Å²) in [5.41, 5.74) is 2.10. The molecule has 0 amide bonds. The highest BCUT2D eigenvalue weighted by molar-refractivity contribution is 5.55. The largest absolute Gasteiger partial charge is 0.388 e. The van der Waals surface area contributed by atoms with Gasteiger partial charge in [-0.25, -0.2) is 0 Å². The summed E-state index contributed by atoms with van der Waals surface area (Å²) in [4.78, 5) is 2.35. The first-order chi connectivity index (χ1) is 9.09. The van der Waals surface area contributed by atoms with E-state index >= 15 is 0 Å². The number of aliphatic hydroxyl groups is 1. The van der Waals surface area contributed by atoms with Crippen molar-refractivity contribution < 1.29 is 9.84 Å². The van der Waals surface area contributed by atoms with Crippen molar-refractivity contribution in [3.8, 4) is 0 Å². The Morgan fingerprint density at radius 2 is 2.16 bits per heavy atom. The first-order valence-electron chi connectivity index (χ1n) is 7.17. The Morgan fingerprint density at radius 1 is 1.42 bits per heavy atom. The van der Waals surface area contributed by atoms with Gasteiger partial charge in [0.25, 0.3) is 0 Å². The quantitative estimate of drug-likeness (QED) is 0.906. The maximum Gasteiger partial charge on any atom is 0.0825 e. The van der Waals surface area contributed by atoms with Gasteiger partial charge >= 0.3 is 0 Å². The minimum Gasteiger partial charge on any atom is -0.388 e. The summed E-state index contributed by atoms with van der Waals surface area (Å²) in [6, 6.07) is 8.18. The van der Waals surface area contributed by atoms with Crippen molar-refractivity contribution in [2.45, 2.75) is 44.8 Å². The van der Waals surface area contributed by atoms with Gasteiger partial charge in [0, 0.05) is 31.5 Å². The first kappa shape index (κ1) is 14.4.